The second-order valence-electron chi connectivity index (χ2n) is 9.32. The summed E-state index contributed by atoms with van der Waals surface area (Å²) in [6, 6.07) is 36.0. The summed E-state index contributed by atoms with van der Waals surface area (Å²) >= 11 is 0. The molecule has 4 nitrogen and oxygen atoms in total. The molecule has 0 amide bonds. The molecule has 0 fully saturated rings. The molecule has 3 aromatic carbocycles. The Hall–Kier alpha value is -4.83. The Balaban J connectivity index is 1.30. The lowest BCUT2D eigenvalue weighted by atomic mass is 9.90. The van der Waals surface area contributed by atoms with Gasteiger partial charge in [0.2, 0.25) is 0 Å². The summed E-state index contributed by atoms with van der Waals surface area (Å²) in [5, 5.41) is 2.38. The minimum Gasteiger partial charge on any atom is -0.309 e. The van der Waals surface area contributed by atoms with Crippen LogP contribution in [0.2, 0.25) is 0 Å². The first-order valence-corrected chi connectivity index (χ1v) is 12.5. The minimum absolute atomic E-state index is 0.0219. The Labute approximate surface area is 215 Å². The standard InChI is InChI=1S/C33H24N4/c1-2-8-23(9-3-1)25-20-30(36-31(21-25)29-11-6-7-18-35-29)24-13-15-26(16-14-24)37-32-12-5-4-10-27(32)28-22-34-19-17-33(28)37/h1-19,21-22,30H,20H2. The molecule has 0 saturated heterocycles. The third kappa shape index (κ3) is 3.83. The molecule has 4 heterocycles. The van der Waals surface area contributed by atoms with Gasteiger partial charge < -0.3 is 4.57 Å². The third-order valence-electron chi connectivity index (χ3n) is 7.10. The van der Waals surface area contributed by atoms with Crippen molar-refractivity contribution in [3.05, 3.63) is 145 Å². The second-order valence-corrected chi connectivity index (χ2v) is 9.32. The summed E-state index contributed by atoms with van der Waals surface area (Å²) in [5.41, 5.74) is 9.00. The summed E-state index contributed by atoms with van der Waals surface area (Å²) in [6.07, 6.45) is 8.68. The maximum absolute atomic E-state index is 5.15. The molecule has 0 aliphatic carbocycles. The number of nitrogens with zero attached hydrogens (tertiary/aromatic N) is 4. The summed E-state index contributed by atoms with van der Waals surface area (Å²) in [6.45, 7) is 0. The van der Waals surface area contributed by atoms with Gasteiger partial charge in [-0.25, -0.2) is 0 Å². The van der Waals surface area contributed by atoms with Crippen molar-refractivity contribution in [2.45, 2.75) is 12.5 Å². The van der Waals surface area contributed by atoms with Crippen LogP contribution in [0.15, 0.2) is 133 Å². The highest BCUT2D eigenvalue weighted by Gasteiger charge is 2.21. The molecular formula is C33H24N4. The average molecular weight is 477 g/mol. The van der Waals surface area contributed by atoms with Crippen molar-refractivity contribution in [3.8, 4) is 5.69 Å². The van der Waals surface area contributed by atoms with Crippen molar-refractivity contribution in [1.82, 2.24) is 14.5 Å². The van der Waals surface area contributed by atoms with Crippen molar-refractivity contribution in [2.24, 2.45) is 4.99 Å². The lowest BCUT2D eigenvalue weighted by Gasteiger charge is -2.22. The van der Waals surface area contributed by atoms with Crippen molar-refractivity contribution in [3.63, 3.8) is 0 Å². The molecule has 6 aromatic rings. The van der Waals surface area contributed by atoms with E-state index in [1.807, 2.05) is 36.8 Å². The van der Waals surface area contributed by atoms with Gasteiger partial charge >= 0.3 is 0 Å². The minimum atomic E-state index is 0.0219. The monoisotopic (exact) mass is 476 g/mol. The van der Waals surface area contributed by atoms with Crippen LogP contribution in [0.4, 0.5) is 0 Å². The number of aromatic nitrogens is 3. The lowest BCUT2D eigenvalue weighted by molar-refractivity contribution is 0.746. The van der Waals surface area contributed by atoms with Gasteiger partial charge in [0.25, 0.3) is 0 Å². The zero-order valence-corrected chi connectivity index (χ0v) is 20.2. The van der Waals surface area contributed by atoms with E-state index in [1.54, 1.807) is 0 Å². The number of rotatable bonds is 4. The van der Waals surface area contributed by atoms with Crippen LogP contribution >= 0.6 is 0 Å². The topological polar surface area (TPSA) is 43.1 Å². The zero-order valence-electron chi connectivity index (χ0n) is 20.2. The first-order valence-electron chi connectivity index (χ1n) is 12.5. The number of fused-ring (bicyclic) bond motifs is 3. The van der Waals surface area contributed by atoms with Gasteiger partial charge in [-0.15, -0.1) is 0 Å². The van der Waals surface area contributed by atoms with Gasteiger partial charge in [0.1, 0.15) is 0 Å². The molecule has 3 aromatic heterocycles. The molecule has 1 unspecified atom stereocenters. The van der Waals surface area contributed by atoms with E-state index in [1.165, 1.54) is 27.6 Å². The number of benzene rings is 3. The Morgan fingerprint density at radius 3 is 2.30 bits per heavy atom. The van der Waals surface area contributed by atoms with Gasteiger partial charge in [-0.1, -0.05) is 66.7 Å². The summed E-state index contributed by atoms with van der Waals surface area (Å²) in [4.78, 5) is 14.1. The van der Waals surface area contributed by atoms with Crippen LogP contribution in [0.5, 0.6) is 0 Å². The fourth-order valence-corrected chi connectivity index (χ4v) is 5.32. The van der Waals surface area contributed by atoms with Crippen molar-refractivity contribution >= 4 is 33.1 Å². The number of allylic oxidation sites excluding steroid dienone is 1. The average Bonchev–Trinajstić information content (AvgIpc) is 3.32. The molecule has 0 radical (unpaired) electrons. The van der Waals surface area contributed by atoms with Crippen molar-refractivity contribution in [1.29, 1.82) is 0 Å². The number of hydrogen-bond acceptors (Lipinski definition) is 3. The number of aliphatic imine (C=N–C) groups is 1. The maximum Gasteiger partial charge on any atom is 0.0881 e. The molecule has 0 saturated carbocycles. The molecule has 1 aliphatic heterocycles. The number of para-hydroxylation sites is 1. The molecule has 0 N–H and O–H groups in total. The fourth-order valence-electron chi connectivity index (χ4n) is 5.32. The molecular weight excluding hydrogens is 452 g/mol. The van der Waals surface area contributed by atoms with Gasteiger partial charge in [0.05, 0.1) is 28.5 Å². The van der Waals surface area contributed by atoms with Gasteiger partial charge in [-0.05, 0) is 65.6 Å². The number of dihydropyridines is 1. The quantitative estimate of drug-likeness (QED) is 0.263. The molecule has 1 aliphatic rings. The Morgan fingerprint density at radius 1 is 0.676 bits per heavy atom. The van der Waals surface area contributed by atoms with Crippen LogP contribution in [-0.2, 0) is 0 Å². The van der Waals surface area contributed by atoms with E-state index < -0.39 is 0 Å². The summed E-state index contributed by atoms with van der Waals surface area (Å²) in [5.74, 6) is 0. The Morgan fingerprint density at radius 2 is 1.46 bits per heavy atom. The van der Waals surface area contributed by atoms with E-state index in [4.69, 9.17) is 4.99 Å². The van der Waals surface area contributed by atoms with E-state index in [-0.39, 0.29) is 6.04 Å². The normalized spacial score (nSPS) is 15.5. The van der Waals surface area contributed by atoms with Crippen molar-refractivity contribution in [2.75, 3.05) is 0 Å². The predicted octanol–water partition coefficient (Wildman–Crippen LogP) is 7.59. The van der Waals surface area contributed by atoms with Gasteiger partial charge in [-0.2, -0.15) is 0 Å². The van der Waals surface area contributed by atoms with Gasteiger partial charge in [0.15, 0.2) is 0 Å². The Bertz CT molecular complexity index is 1730. The Kier molecular flexibility index (Phi) is 5.21. The highest BCUT2D eigenvalue weighted by Crippen LogP contribution is 2.36. The fraction of sp³-hybridized carbons (Fsp3) is 0.0606. The zero-order chi connectivity index (χ0) is 24.6. The van der Waals surface area contributed by atoms with Gasteiger partial charge in [-0.3, -0.25) is 15.0 Å². The van der Waals surface area contributed by atoms with Gasteiger partial charge in [0, 0.05) is 35.1 Å². The molecule has 1 atom stereocenters. The summed E-state index contributed by atoms with van der Waals surface area (Å²) in [7, 11) is 0. The maximum atomic E-state index is 5.15. The van der Waals surface area contributed by atoms with E-state index in [2.05, 4.69) is 106 Å². The largest absolute Gasteiger partial charge is 0.309 e. The number of hydrogen-bond donors (Lipinski definition) is 0. The molecule has 4 heteroatoms. The van der Waals surface area contributed by atoms with Crippen LogP contribution in [0.3, 0.4) is 0 Å². The smallest absolute Gasteiger partial charge is 0.0881 e. The molecule has 37 heavy (non-hydrogen) atoms. The van der Waals surface area contributed by atoms with E-state index in [9.17, 15) is 0 Å². The second kappa shape index (κ2) is 8.99. The predicted molar refractivity (Wildman–Crippen MR) is 151 cm³/mol. The number of pyridine rings is 2. The molecule has 0 bridgehead atoms. The molecule has 176 valence electrons. The lowest BCUT2D eigenvalue weighted by Crippen LogP contribution is -2.11. The van der Waals surface area contributed by atoms with Crippen LogP contribution in [0, 0.1) is 0 Å². The van der Waals surface area contributed by atoms with Crippen molar-refractivity contribution < 1.29 is 0 Å². The van der Waals surface area contributed by atoms with Crippen LogP contribution < -0.4 is 0 Å². The van der Waals surface area contributed by atoms with E-state index >= 15 is 0 Å². The first-order chi connectivity index (χ1) is 18.3. The SMILES string of the molecule is C1=C(c2ccccc2)CC(c2ccc(-n3c4ccccc4c4cnccc43)cc2)N=C1c1ccccn1. The highest BCUT2D eigenvalue weighted by atomic mass is 15.0. The summed E-state index contributed by atoms with van der Waals surface area (Å²) < 4.78 is 2.31. The molecule has 7 rings (SSSR count). The van der Waals surface area contributed by atoms with Crippen LogP contribution in [-0.4, -0.2) is 20.2 Å². The van der Waals surface area contributed by atoms with E-state index in [0.29, 0.717) is 0 Å². The first kappa shape index (κ1) is 21.5. The van der Waals surface area contributed by atoms with Crippen LogP contribution in [0.1, 0.15) is 29.3 Å². The van der Waals surface area contributed by atoms with E-state index in [0.717, 1.165) is 34.4 Å². The van der Waals surface area contributed by atoms with Crippen LogP contribution in [0.25, 0.3) is 33.1 Å². The highest BCUT2D eigenvalue weighted by molar-refractivity contribution is 6.12. The third-order valence-corrected chi connectivity index (χ3v) is 7.10. The molecule has 0 spiro atoms.